The van der Waals surface area contributed by atoms with Gasteiger partial charge in [-0.15, -0.1) is 5.06 Å². The van der Waals surface area contributed by atoms with Crippen LogP contribution in [0.4, 0.5) is 0 Å². The zero-order valence-electron chi connectivity index (χ0n) is 8.45. The smallest absolute Gasteiger partial charge is 0.327 e. The van der Waals surface area contributed by atoms with Crippen molar-refractivity contribution in [3.05, 3.63) is 6.54 Å². The summed E-state index contributed by atoms with van der Waals surface area (Å²) in [6, 6.07) is 0. The molecule has 1 rings (SSSR count). The molecular weight excluding hydrogens is 166 g/mol. The van der Waals surface area contributed by atoms with Crippen LogP contribution < -0.4 is 0 Å². The summed E-state index contributed by atoms with van der Waals surface area (Å²) in [6.45, 7) is 6.79. The minimum Gasteiger partial charge on any atom is -0.367 e. The predicted octanol–water partition coefficient (Wildman–Crippen LogP) is 2.14. The molecule has 0 aromatic rings. The summed E-state index contributed by atoms with van der Waals surface area (Å²) in [5, 5.41) is 1.66. The van der Waals surface area contributed by atoms with Crippen molar-refractivity contribution in [3.8, 4) is 0 Å². The largest absolute Gasteiger partial charge is 0.367 e. The Bertz CT molecular complexity index is 164. The molecule has 0 aromatic heterocycles. The number of carbonyl (C=O) groups is 1. The van der Waals surface area contributed by atoms with E-state index >= 15 is 0 Å². The van der Waals surface area contributed by atoms with Crippen LogP contribution in [0.15, 0.2) is 0 Å². The summed E-state index contributed by atoms with van der Waals surface area (Å²) in [5.41, 5.74) is 0. The van der Waals surface area contributed by atoms with Gasteiger partial charge in [-0.05, 0) is 19.3 Å². The molecule has 0 N–H and O–H groups in total. The van der Waals surface area contributed by atoms with Crippen LogP contribution in [0.1, 0.15) is 39.5 Å². The zero-order valence-corrected chi connectivity index (χ0v) is 8.45. The molecule has 0 aliphatic carbocycles. The Morgan fingerprint density at radius 3 is 3.00 bits per heavy atom. The van der Waals surface area contributed by atoms with Crippen LogP contribution >= 0.6 is 0 Å². The van der Waals surface area contributed by atoms with E-state index < -0.39 is 0 Å². The average molecular weight is 184 g/mol. The van der Waals surface area contributed by atoms with E-state index in [0.717, 1.165) is 32.2 Å². The summed E-state index contributed by atoms with van der Waals surface area (Å²) in [7, 11) is 0. The molecule has 3 nitrogen and oxygen atoms in total. The lowest BCUT2D eigenvalue weighted by Crippen LogP contribution is -2.25. The Hall–Kier alpha value is -0.570. The van der Waals surface area contributed by atoms with E-state index in [1.165, 1.54) is 0 Å². The molecule has 0 amide bonds. The molecule has 0 saturated carbocycles. The number of nitrogens with zero attached hydrogens (tertiary/aromatic N) is 1. The average Bonchev–Trinajstić information content (AvgIpc) is 2.57. The van der Waals surface area contributed by atoms with E-state index in [4.69, 9.17) is 4.84 Å². The molecule has 1 saturated heterocycles. The topological polar surface area (TPSA) is 29.5 Å². The van der Waals surface area contributed by atoms with Gasteiger partial charge in [0.25, 0.3) is 0 Å². The Morgan fingerprint density at radius 1 is 1.69 bits per heavy atom. The minimum atomic E-state index is -0.0972. The summed E-state index contributed by atoms with van der Waals surface area (Å²) >= 11 is 0. The van der Waals surface area contributed by atoms with Gasteiger partial charge in [-0.1, -0.05) is 20.3 Å². The molecule has 75 valence electrons. The van der Waals surface area contributed by atoms with Crippen LogP contribution in [0.3, 0.4) is 0 Å². The summed E-state index contributed by atoms with van der Waals surface area (Å²) in [6.07, 6.45) is 4.05. The Balaban J connectivity index is 2.22. The van der Waals surface area contributed by atoms with Crippen LogP contribution in [-0.4, -0.2) is 17.6 Å². The first-order valence-electron chi connectivity index (χ1n) is 5.05. The fraction of sp³-hybridized carbons (Fsp3) is 0.800. The highest BCUT2D eigenvalue weighted by Gasteiger charge is 2.20. The molecule has 1 aliphatic heterocycles. The summed E-state index contributed by atoms with van der Waals surface area (Å²) in [5.74, 6) is -0.0704. The molecule has 1 atom stereocenters. The Morgan fingerprint density at radius 2 is 2.46 bits per heavy atom. The number of hydroxylamine groups is 2. The van der Waals surface area contributed by atoms with E-state index in [0.29, 0.717) is 0 Å². The quantitative estimate of drug-likeness (QED) is 0.670. The van der Waals surface area contributed by atoms with Gasteiger partial charge in [0.05, 0.1) is 12.5 Å². The second kappa shape index (κ2) is 5.22. The van der Waals surface area contributed by atoms with Gasteiger partial charge in [-0.3, -0.25) is 4.79 Å². The van der Waals surface area contributed by atoms with Gasteiger partial charge in [-0.2, -0.15) is 0 Å². The predicted molar refractivity (Wildman–Crippen MR) is 50.4 cm³/mol. The van der Waals surface area contributed by atoms with Gasteiger partial charge in [0.15, 0.2) is 0 Å². The third-order valence-corrected chi connectivity index (χ3v) is 2.25. The first kappa shape index (κ1) is 10.5. The third kappa shape index (κ3) is 3.35. The maximum atomic E-state index is 11.4. The van der Waals surface area contributed by atoms with Crippen molar-refractivity contribution in [2.24, 2.45) is 5.92 Å². The number of hydrogen-bond donors (Lipinski definition) is 0. The lowest BCUT2D eigenvalue weighted by molar-refractivity contribution is -0.184. The lowest BCUT2D eigenvalue weighted by Gasteiger charge is -2.16. The van der Waals surface area contributed by atoms with Gasteiger partial charge in [0.2, 0.25) is 0 Å². The van der Waals surface area contributed by atoms with E-state index in [-0.39, 0.29) is 11.9 Å². The van der Waals surface area contributed by atoms with E-state index in [9.17, 15) is 4.79 Å². The normalized spacial score (nSPS) is 20.2. The van der Waals surface area contributed by atoms with Gasteiger partial charge in [0.1, 0.15) is 0 Å². The highest BCUT2D eigenvalue weighted by molar-refractivity contribution is 5.71. The minimum absolute atomic E-state index is 0.0269. The number of hydrogen-bond acceptors (Lipinski definition) is 3. The second-order valence-electron chi connectivity index (χ2n) is 3.57. The number of carbonyl (C=O) groups excluding carboxylic acids is 1. The first-order chi connectivity index (χ1) is 6.24. The molecule has 3 heteroatoms. The summed E-state index contributed by atoms with van der Waals surface area (Å²) < 4.78 is 0. The van der Waals surface area contributed by atoms with Crippen LogP contribution in [0.25, 0.3) is 0 Å². The van der Waals surface area contributed by atoms with Gasteiger partial charge in [0, 0.05) is 6.54 Å². The van der Waals surface area contributed by atoms with Gasteiger partial charge in [-0.25, -0.2) is 0 Å². The van der Waals surface area contributed by atoms with Crippen molar-refractivity contribution < 1.29 is 9.63 Å². The fourth-order valence-corrected chi connectivity index (χ4v) is 1.41. The Kier molecular flexibility index (Phi) is 4.22. The molecule has 13 heavy (non-hydrogen) atoms. The molecule has 1 unspecified atom stereocenters. The second-order valence-corrected chi connectivity index (χ2v) is 3.57. The first-order valence-corrected chi connectivity index (χ1v) is 5.05. The van der Waals surface area contributed by atoms with Crippen molar-refractivity contribution in [2.75, 3.05) is 6.54 Å². The standard InChI is InChI=1S/C10H18NO2/c1-3-6-9(2)10(12)13-11-7-4-5-8-11/h7,9H,3-6,8H2,1-2H3. The maximum Gasteiger partial charge on any atom is 0.327 e. The van der Waals surface area contributed by atoms with Crippen LogP contribution in [0.2, 0.25) is 0 Å². The van der Waals surface area contributed by atoms with Gasteiger partial charge < -0.3 is 4.84 Å². The third-order valence-electron chi connectivity index (χ3n) is 2.25. The lowest BCUT2D eigenvalue weighted by atomic mass is 10.1. The van der Waals surface area contributed by atoms with Crippen LogP contribution in [0, 0.1) is 12.5 Å². The van der Waals surface area contributed by atoms with Crippen LogP contribution in [-0.2, 0) is 9.63 Å². The van der Waals surface area contributed by atoms with Crippen molar-refractivity contribution in [1.29, 1.82) is 0 Å². The molecule has 0 spiro atoms. The monoisotopic (exact) mass is 184 g/mol. The molecule has 1 aliphatic rings. The molecule has 1 fully saturated rings. The molecule has 0 bridgehead atoms. The van der Waals surface area contributed by atoms with Gasteiger partial charge >= 0.3 is 5.97 Å². The van der Waals surface area contributed by atoms with E-state index in [2.05, 4.69) is 6.92 Å². The maximum absolute atomic E-state index is 11.4. The highest BCUT2D eigenvalue weighted by atomic mass is 16.7. The highest BCUT2D eigenvalue weighted by Crippen LogP contribution is 2.15. The SMILES string of the molecule is CCCC(C)C(=O)ON1[CH]CCC1. The van der Waals surface area contributed by atoms with Crippen LogP contribution in [0.5, 0.6) is 0 Å². The Labute approximate surface area is 80.0 Å². The van der Waals surface area contributed by atoms with Crippen molar-refractivity contribution in [3.63, 3.8) is 0 Å². The molecule has 0 aromatic carbocycles. The summed E-state index contributed by atoms with van der Waals surface area (Å²) in [4.78, 5) is 16.6. The zero-order chi connectivity index (χ0) is 9.68. The van der Waals surface area contributed by atoms with Crippen molar-refractivity contribution in [2.45, 2.75) is 39.5 Å². The molecule has 1 heterocycles. The van der Waals surface area contributed by atoms with Crippen molar-refractivity contribution in [1.82, 2.24) is 5.06 Å². The fourth-order valence-electron chi connectivity index (χ4n) is 1.41. The van der Waals surface area contributed by atoms with E-state index in [1.807, 2.05) is 13.5 Å². The van der Waals surface area contributed by atoms with Crippen molar-refractivity contribution >= 4 is 5.97 Å². The number of rotatable bonds is 4. The molecule has 1 radical (unpaired) electrons. The molecular formula is C10H18NO2. The van der Waals surface area contributed by atoms with E-state index in [1.54, 1.807) is 5.06 Å².